The van der Waals surface area contributed by atoms with Crippen LogP contribution in [0, 0.1) is 23.4 Å². The van der Waals surface area contributed by atoms with Gasteiger partial charge in [0, 0.05) is 23.8 Å². The van der Waals surface area contributed by atoms with E-state index in [0.29, 0.717) is 29.4 Å². The standard InChI is InChI=1S/C24H27F3O2/c1-3-29-15-19-11-13-21(24(27)23(19)26)17-7-4-16(5-8-17)6-9-18-10-12-20(28-2)14-22(18)25/h6,9-14,16-17H,3-5,7-8,15H2,1-2H3/b9-6+. The Balaban J connectivity index is 1.61. The number of allylic oxidation sites excluding steroid dienone is 1. The average molecular weight is 404 g/mol. The number of methoxy groups -OCH3 is 1. The topological polar surface area (TPSA) is 18.5 Å². The fourth-order valence-electron chi connectivity index (χ4n) is 3.88. The molecule has 156 valence electrons. The Bertz CT molecular complexity index is 855. The van der Waals surface area contributed by atoms with Gasteiger partial charge in [0.05, 0.1) is 13.7 Å². The summed E-state index contributed by atoms with van der Waals surface area (Å²) in [5, 5.41) is 0. The molecule has 0 amide bonds. The van der Waals surface area contributed by atoms with Gasteiger partial charge >= 0.3 is 0 Å². The monoisotopic (exact) mass is 404 g/mol. The normalized spacial score (nSPS) is 19.6. The van der Waals surface area contributed by atoms with E-state index in [4.69, 9.17) is 9.47 Å². The number of halogens is 3. The zero-order valence-electron chi connectivity index (χ0n) is 16.9. The van der Waals surface area contributed by atoms with Gasteiger partial charge in [0.2, 0.25) is 0 Å². The molecule has 0 spiro atoms. The summed E-state index contributed by atoms with van der Waals surface area (Å²) in [7, 11) is 1.50. The van der Waals surface area contributed by atoms with Crippen molar-refractivity contribution >= 4 is 6.08 Å². The SMILES string of the molecule is CCOCc1ccc(C2CCC(/C=C/c3ccc(OC)cc3F)CC2)c(F)c1F. The molecule has 0 N–H and O–H groups in total. The first kappa shape index (κ1) is 21.4. The van der Waals surface area contributed by atoms with E-state index in [9.17, 15) is 13.2 Å². The molecule has 0 radical (unpaired) electrons. The lowest BCUT2D eigenvalue weighted by Gasteiger charge is -2.27. The Morgan fingerprint density at radius 2 is 1.76 bits per heavy atom. The Morgan fingerprint density at radius 3 is 2.41 bits per heavy atom. The number of hydrogen-bond donors (Lipinski definition) is 0. The lowest BCUT2D eigenvalue weighted by atomic mass is 9.78. The van der Waals surface area contributed by atoms with E-state index >= 15 is 0 Å². The van der Waals surface area contributed by atoms with Crippen molar-refractivity contribution in [3.63, 3.8) is 0 Å². The van der Waals surface area contributed by atoms with Gasteiger partial charge in [-0.3, -0.25) is 0 Å². The van der Waals surface area contributed by atoms with E-state index in [2.05, 4.69) is 0 Å². The van der Waals surface area contributed by atoms with Crippen molar-refractivity contribution in [3.05, 3.63) is 70.5 Å². The highest BCUT2D eigenvalue weighted by molar-refractivity contribution is 5.52. The van der Waals surface area contributed by atoms with Crippen molar-refractivity contribution in [2.45, 2.75) is 45.1 Å². The Labute approximate surface area is 170 Å². The molecule has 2 aromatic rings. The molecule has 0 aliphatic heterocycles. The first-order valence-electron chi connectivity index (χ1n) is 10.1. The third kappa shape index (κ3) is 5.21. The molecule has 0 unspecified atom stereocenters. The Hall–Kier alpha value is -2.27. The fourth-order valence-corrected chi connectivity index (χ4v) is 3.88. The van der Waals surface area contributed by atoms with Crippen LogP contribution in [0.3, 0.4) is 0 Å². The Kier molecular flexibility index (Phi) is 7.37. The molecule has 1 saturated carbocycles. The first-order chi connectivity index (χ1) is 14.0. The predicted octanol–water partition coefficient (Wildman–Crippen LogP) is 6.64. The summed E-state index contributed by atoms with van der Waals surface area (Å²) in [6.45, 7) is 2.36. The maximum atomic E-state index is 14.6. The molecule has 1 aliphatic rings. The molecule has 0 saturated heterocycles. The van der Waals surface area contributed by atoms with E-state index in [-0.39, 0.29) is 23.9 Å². The third-order valence-corrected chi connectivity index (χ3v) is 5.62. The van der Waals surface area contributed by atoms with Crippen LogP contribution in [0.4, 0.5) is 13.2 Å². The molecule has 0 atom stereocenters. The lowest BCUT2D eigenvalue weighted by Crippen LogP contribution is -2.14. The molecule has 1 fully saturated rings. The van der Waals surface area contributed by atoms with Crippen LogP contribution in [0.25, 0.3) is 6.08 Å². The van der Waals surface area contributed by atoms with E-state index in [1.54, 1.807) is 30.3 Å². The average Bonchev–Trinajstić information content (AvgIpc) is 2.74. The van der Waals surface area contributed by atoms with Crippen molar-refractivity contribution in [3.8, 4) is 5.75 Å². The minimum atomic E-state index is -0.798. The van der Waals surface area contributed by atoms with Gasteiger partial charge < -0.3 is 9.47 Å². The molecular weight excluding hydrogens is 377 g/mol. The quantitative estimate of drug-likeness (QED) is 0.515. The van der Waals surface area contributed by atoms with Gasteiger partial charge in [0.25, 0.3) is 0 Å². The summed E-state index contributed by atoms with van der Waals surface area (Å²) in [6, 6.07) is 8.11. The first-order valence-corrected chi connectivity index (χ1v) is 10.1. The van der Waals surface area contributed by atoms with E-state index < -0.39 is 11.6 Å². The second kappa shape index (κ2) is 9.97. The highest BCUT2D eigenvalue weighted by Crippen LogP contribution is 2.38. The summed E-state index contributed by atoms with van der Waals surface area (Å²) >= 11 is 0. The van der Waals surface area contributed by atoms with Gasteiger partial charge in [-0.05, 0) is 62.1 Å². The fraction of sp³-hybridized carbons (Fsp3) is 0.417. The van der Waals surface area contributed by atoms with E-state index in [1.807, 2.05) is 13.0 Å². The number of hydrogen-bond acceptors (Lipinski definition) is 2. The third-order valence-electron chi connectivity index (χ3n) is 5.62. The summed E-state index contributed by atoms with van der Waals surface area (Å²) in [5.41, 5.74) is 1.23. The van der Waals surface area contributed by atoms with Gasteiger partial charge in [0.1, 0.15) is 11.6 Å². The minimum Gasteiger partial charge on any atom is -0.497 e. The molecule has 2 aromatic carbocycles. The van der Waals surface area contributed by atoms with Crippen LogP contribution in [0.2, 0.25) is 0 Å². The smallest absolute Gasteiger partial charge is 0.164 e. The highest BCUT2D eigenvalue weighted by Gasteiger charge is 2.25. The molecule has 29 heavy (non-hydrogen) atoms. The number of benzene rings is 2. The van der Waals surface area contributed by atoms with E-state index in [1.165, 1.54) is 13.2 Å². The maximum Gasteiger partial charge on any atom is 0.164 e. The molecule has 3 rings (SSSR count). The molecule has 0 bridgehead atoms. The molecular formula is C24H27F3O2. The zero-order chi connectivity index (χ0) is 20.8. The molecule has 5 heteroatoms. The maximum absolute atomic E-state index is 14.6. The van der Waals surface area contributed by atoms with Crippen molar-refractivity contribution in [1.29, 1.82) is 0 Å². The summed E-state index contributed by atoms with van der Waals surface area (Å²) in [6.07, 6.45) is 7.09. The van der Waals surface area contributed by atoms with Gasteiger partial charge in [-0.25, -0.2) is 13.2 Å². The van der Waals surface area contributed by atoms with Crippen molar-refractivity contribution in [1.82, 2.24) is 0 Å². The van der Waals surface area contributed by atoms with Crippen LogP contribution in [-0.2, 0) is 11.3 Å². The van der Waals surface area contributed by atoms with Gasteiger partial charge in [0.15, 0.2) is 11.6 Å². The van der Waals surface area contributed by atoms with Gasteiger partial charge in [-0.15, -0.1) is 0 Å². The van der Waals surface area contributed by atoms with Crippen LogP contribution < -0.4 is 4.74 Å². The van der Waals surface area contributed by atoms with Crippen LogP contribution in [0.1, 0.15) is 55.2 Å². The minimum absolute atomic E-state index is 0.00742. The van der Waals surface area contributed by atoms with Crippen LogP contribution in [0.5, 0.6) is 5.75 Å². The summed E-state index contributed by atoms with van der Waals surface area (Å²) < 4.78 is 53.1. The highest BCUT2D eigenvalue weighted by atomic mass is 19.2. The van der Waals surface area contributed by atoms with Crippen molar-refractivity contribution in [2.75, 3.05) is 13.7 Å². The molecule has 2 nitrogen and oxygen atoms in total. The number of ether oxygens (including phenoxy) is 2. The zero-order valence-corrected chi connectivity index (χ0v) is 16.9. The van der Waals surface area contributed by atoms with Crippen molar-refractivity contribution < 1.29 is 22.6 Å². The second-order valence-corrected chi connectivity index (χ2v) is 7.44. The summed E-state index contributed by atoms with van der Waals surface area (Å²) in [5.74, 6) is -1.07. The van der Waals surface area contributed by atoms with Crippen LogP contribution in [0.15, 0.2) is 36.4 Å². The summed E-state index contributed by atoms with van der Waals surface area (Å²) in [4.78, 5) is 0. The molecule has 0 aromatic heterocycles. The second-order valence-electron chi connectivity index (χ2n) is 7.44. The largest absolute Gasteiger partial charge is 0.497 e. The predicted molar refractivity (Wildman–Crippen MR) is 108 cm³/mol. The van der Waals surface area contributed by atoms with Gasteiger partial charge in [-0.2, -0.15) is 0 Å². The van der Waals surface area contributed by atoms with Crippen molar-refractivity contribution in [2.24, 2.45) is 5.92 Å². The molecule has 1 aliphatic carbocycles. The lowest BCUT2D eigenvalue weighted by molar-refractivity contribution is 0.131. The van der Waals surface area contributed by atoms with E-state index in [0.717, 1.165) is 25.7 Å². The Morgan fingerprint density at radius 1 is 1.00 bits per heavy atom. The van der Waals surface area contributed by atoms with Crippen LogP contribution >= 0.6 is 0 Å². The van der Waals surface area contributed by atoms with Gasteiger partial charge in [-0.1, -0.05) is 24.3 Å². The van der Waals surface area contributed by atoms with Crippen LogP contribution in [-0.4, -0.2) is 13.7 Å². The number of rotatable bonds is 7. The molecule has 0 heterocycles.